The molecule has 0 aliphatic heterocycles. The second kappa shape index (κ2) is 7.35. The van der Waals surface area contributed by atoms with E-state index in [4.69, 9.17) is 0 Å². The van der Waals surface area contributed by atoms with E-state index in [1.807, 2.05) is 0 Å². The molecule has 0 saturated heterocycles. The van der Waals surface area contributed by atoms with E-state index in [0.29, 0.717) is 0 Å². The third-order valence-electron chi connectivity index (χ3n) is 3.55. The zero-order valence-corrected chi connectivity index (χ0v) is 13.0. The first-order chi connectivity index (χ1) is 9.29. The first-order valence-electron chi connectivity index (χ1n) is 6.89. The zero-order valence-electron chi connectivity index (χ0n) is 12.2. The second-order valence-corrected chi connectivity index (χ2v) is 6.82. The summed E-state index contributed by atoms with van der Waals surface area (Å²) in [7, 11) is -2.21. The molecular formula is C12H24N2O5S. The molecule has 0 aromatic carbocycles. The van der Waals surface area contributed by atoms with Gasteiger partial charge in [0.15, 0.2) is 6.10 Å². The molecule has 118 valence electrons. The molecule has 1 aliphatic rings. The average Bonchev–Trinajstić information content (AvgIpc) is 2.90. The minimum atomic E-state index is -3.72. The third kappa shape index (κ3) is 4.41. The van der Waals surface area contributed by atoms with Crippen molar-refractivity contribution in [1.29, 1.82) is 0 Å². The standard InChI is InChI=1S/C12H24N2O5S/c1-4-19-12(16)11(15)9(2)13-20(17,18)14(3)10-7-5-6-8-10/h9-11,13,15H,4-8H2,1-3H3. The molecule has 8 heteroatoms. The lowest BCUT2D eigenvalue weighted by Crippen LogP contribution is -2.51. The van der Waals surface area contributed by atoms with Crippen LogP contribution in [0.5, 0.6) is 0 Å². The van der Waals surface area contributed by atoms with Crippen LogP contribution in [0.25, 0.3) is 0 Å². The molecule has 0 spiro atoms. The molecule has 2 atom stereocenters. The Morgan fingerprint density at radius 1 is 1.45 bits per heavy atom. The van der Waals surface area contributed by atoms with E-state index in [-0.39, 0.29) is 12.6 Å². The van der Waals surface area contributed by atoms with Crippen molar-refractivity contribution in [1.82, 2.24) is 9.03 Å². The summed E-state index contributed by atoms with van der Waals surface area (Å²) in [5.41, 5.74) is 0. The van der Waals surface area contributed by atoms with Crippen LogP contribution in [0, 0.1) is 0 Å². The van der Waals surface area contributed by atoms with Crippen LogP contribution in [-0.4, -0.2) is 55.6 Å². The number of aliphatic hydroxyl groups is 1. The molecule has 1 saturated carbocycles. The van der Waals surface area contributed by atoms with Crippen LogP contribution in [0.2, 0.25) is 0 Å². The minimum Gasteiger partial charge on any atom is -0.464 e. The quantitative estimate of drug-likeness (QED) is 0.646. The van der Waals surface area contributed by atoms with Gasteiger partial charge in [0.05, 0.1) is 12.6 Å². The number of aliphatic hydroxyl groups excluding tert-OH is 1. The van der Waals surface area contributed by atoms with E-state index in [0.717, 1.165) is 25.7 Å². The number of nitrogens with one attached hydrogen (secondary N) is 1. The number of carbonyl (C=O) groups excluding carboxylic acids is 1. The Morgan fingerprint density at radius 2 is 2.00 bits per heavy atom. The molecule has 0 radical (unpaired) electrons. The number of esters is 1. The number of hydrogen-bond acceptors (Lipinski definition) is 5. The summed E-state index contributed by atoms with van der Waals surface area (Å²) in [5, 5.41) is 9.71. The Balaban J connectivity index is 2.62. The van der Waals surface area contributed by atoms with E-state index in [1.165, 1.54) is 18.3 Å². The highest BCUT2D eigenvalue weighted by atomic mass is 32.2. The zero-order chi connectivity index (χ0) is 15.3. The maximum absolute atomic E-state index is 12.2. The molecule has 0 bridgehead atoms. The maximum Gasteiger partial charge on any atom is 0.336 e. The summed E-state index contributed by atoms with van der Waals surface area (Å²) in [6.07, 6.45) is 2.21. The van der Waals surface area contributed by atoms with Gasteiger partial charge in [-0.15, -0.1) is 0 Å². The Labute approximate surface area is 120 Å². The van der Waals surface area contributed by atoms with Gasteiger partial charge < -0.3 is 9.84 Å². The highest BCUT2D eigenvalue weighted by Gasteiger charge is 2.33. The fraction of sp³-hybridized carbons (Fsp3) is 0.917. The van der Waals surface area contributed by atoms with Crippen molar-refractivity contribution in [2.24, 2.45) is 0 Å². The van der Waals surface area contributed by atoms with Gasteiger partial charge in [0.2, 0.25) is 0 Å². The van der Waals surface area contributed by atoms with E-state index in [9.17, 15) is 18.3 Å². The van der Waals surface area contributed by atoms with Gasteiger partial charge in [-0.3, -0.25) is 0 Å². The van der Waals surface area contributed by atoms with Gasteiger partial charge in [-0.25, -0.2) is 4.79 Å². The lowest BCUT2D eigenvalue weighted by Gasteiger charge is -2.27. The summed E-state index contributed by atoms with van der Waals surface area (Å²) in [5.74, 6) is -0.828. The monoisotopic (exact) mass is 308 g/mol. The third-order valence-corrected chi connectivity index (χ3v) is 5.28. The Bertz CT molecular complexity index is 420. The van der Waals surface area contributed by atoms with Gasteiger partial charge in [-0.1, -0.05) is 12.8 Å². The molecular weight excluding hydrogens is 284 g/mol. The minimum absolute atomic E-state index is 0.0144. The molecule has 2 unspecified atom stereocenters. The van der Waals surface area contributed by atoms with Gasteiger partial charge >= 0.3 is 5.97 Å². The molecule has 0 aromatic heterocycles. The van der Waals surface area contributed by atoms with E-state index in [1.54, 1.807) is 6.92 Å². The fourth-order valence-electron chi connectivity index (χ4n) is 2.28. The smallest absolute Gasteiger partial charge is 0.336 e. The fourth-order valence-corrected chi connectivity index (χ4v) is 3.65. The summed E-state index contributed by atoms with van der Waals surface area (Å²) < 4.78 is 32.6. The summed E-state index contributed by atoms with van der Waals surface area (Å²) in [6.45, 7) is 3.19. The van der Waals surface area contributed by atoms with Gasteiger partial charge in [0, 0.05) is 13.1 Å². The highest BCUT2D eigenvalue weighted by molar-refractivity contribution is 7.87. The number of hydrogen-bond donors (Lipinski definition) is 2. The van der Waals surface area contributed by atoms with Crippen molar-refractivity contribution in [2.45, 2.75) is 57.7 Å². The average molecular weight is 308 g/mol. The van der Waals surface area contributed by atoms with Crippen LogP contribution in [0.3, 0.4) is 0 Å². The van der Waals surface area contributed by atoms with Gasteiger partial charge in [0.1, 0.15) is 0 Å². The maximum atomic E-state index is 12.2. The summed E-state index contributed by atoms with van der Waals surface area (Å²) >= 11 is 0. The van der Waals surface area contributed by atoms with Crippen LogP contribution in [-0.2, 0) is 19.7 Å². The van der Waals surface area contributed by atoms with Crippen molar-refractivity contribution < 1.29 is 23.1 Å². The number of nitrogens with zero attached hydrogens (tertiary/aromatic N) is 1. The first kappa shape index (κ1) is 17.4. The normalized spacial score (nSPS) is 20.1. The summed E-state index contributed by atoms with van der Waals surface area (Å²) in [6, 6.07) is -0.956. The Morgan fingerprint density at radius 3 is 2.50 bits per heavy atom. The second-order valence-electron chi connectivity index (χ2n) is 5.06. The molecule has 1 fully saturated rings. The summed E-state index contributed by atoms with van der Waals surface area (Å²) in [4.78, 5) is 11.4. The lowest BCUT2D eigenvalue weighted by molar-refractivity contribution is -0.154. The molecule has 1 aliphatic carbocycles. The van der Waals surface area contributed by atoms with Crippen LogP contribution < -0.4 is 4.72 Å². The predicted octanol–water partition coefficient (Wildman–Crippen LogP) is 0.00770. The van der Waals surface area contributed by atoms with Crippen molar-refractivity contribution in [3.63, 3.8) is 0 Å². The van der Waals surface area contributed by atoms with Crippen LogP contribution in [0.4, 0.5) is 0 Å². The lowest BCUT2D eigenvalue weighted by atomic mass is 10.2. The van der Waals surface area contributed by atoms with Gasteiger partial charge in [-0.2, -0.15) is 17.4 Å². The van der Waals surface area contributed by atoms with Crippen molar-refractivity contribution in [3.05, 3.63) is 0 Å². The molecule has 7 nitrogen and oxygen atoms in total. The van der Waals surface area contributed by atoms with Crippen LogP contribution in [0.1, 0.15) is 39.5 Å². The van der Waals surface area contributed by atoms with Gasteiger partial charge in [-0.05, 0) is 26.7 Å². The van der Waals surface area contributed by atoms with Crippen molar-refractivity contribution >= 4 is 16.2 Å². The molecule has 2 N–H and O–H groups in total. The largest absolute Gasteiger partial charge is 0.464 e. The topological polar surface area (TPSA) is 95.9 Å². The SMILES string of the molecule is CCOC(=O)C(O)C(C)NS(=O)(=O)N(C)C1CCCC1. The van der Waals surface area contributed by atoms with E-state index < -0.39 is 28.3 Å². The number of ether oxygens (including phenoxy) is 1. The van der Waals surface area contributed by atoms with Crippen molar-refractivity contribution in [2.75, 3.05) is 13.7 Å². The highest BCUT2D eigenvalue weighted by Crippen LogP contribution is 2.24. The molecule has 1 rings (SSSR count). The Kier molecular flexibility index (Phi) is 6.38. The molecule has 0 heterocycles. The molecule has 0 aromatic rings. The van der Waals surface area contributed by atoms with Crippen LogP contribution in [0.15, 0.2) is 0 Å². The van der Waals surface area contributed by atoms with Crippen molar-refractivity contribution in [3.8, 4) is 0 Å². The molecule has 0 amide bonds. The predicted molar refractivity (Wildman–Crippen MR) is 74.2 cm³/mol. The van der Waals surface area contributed by atoms with E-state index in [2.05, 4.69) is 9.46 Å². The first-order valence-corrected chi connectivity index (χ1v) is 8.33. The Hall–Kier alpha value is -0.700. The van der Waals surface area contributed by atoms with Gasteiger partial charge in [0.25, 0.3) is 10.2 Å². The number of rotatable bonds is 7. The molecule has 20 heavy (non-hydrogen) atoms. The van der Waals surface area contributed by atoms with Crippen LogP contribution >= 0.6 is 0 Å². The van der Waals surface area contributed by atoms with E-state index >= 15 is 0 Å². The number of carbonyl (C=O) groups is 1.